The average Bonchev–Trinajstić information content (AvgIpc) is 2.44. The van der Waals surface area contributed by atoms with Gasteiger partial charge in [0.1, 0.15) is 24.4 Å². The van der Waals surface area contributed by atoms with E-state index in [-0.39, 0.29) is 0 Å². The molecular formula is C8H15NO6. The Morgan fingerprint density at radius 3 is 2.60 bits per heavy atom. The summed E-state index contributed by atoms with van der Waals surface area (Å²) >= 11 is 0. The molecule has 0 saturated carbocycles. The predicted molar refractivity (Wildman–Crippen MR) is 47.6 cm³/mol. The van der Waals surface area contributed by atoms with E-state index in [1.807, 2.05) is 0 Å². The summed E-state index contributed by atoms with van der Waals surface area (Å²) in [5.41, 5.74) is 0. The zero-order valence-electron chi connectivity index (χ0n) is 8.20. The van der Waals surface area contributed by atoms with Crippen LogP contribution < -0.4 is 5.32 Å². The van der Waals surface area contributed by atoms with Crippen LogP contribution in [0.15, 0.2) is 0 Å². The van der Waals surface area contributed by atoms with Gasteiger partial charge >= 0.3 is 0 Å². The Morgan fingerprint density at radius 1 is 1.53 bits per heavy atom. The number of nitrogens with one attached hydrogen (secondary N) is 1. The van der Waals surface area contributed by atoms with Gasteiger partial charge in [-0.15, -0.1) is 0 Å². The minimum atomic E-state index is -1.39. The second-order valence-corrected chi connectivity index (χ2v) is 3.46. The predicted octanol–water partition coefficient (Wildman–Crippen LogP) is -3.08. The highest BCUT2D eigenvalue weighted by molar-refractivity contribution is 5.73. The van der Waals surface area contributed by atoms with Crippen LogP contribution in [-0.2, 0) is 9.53 Å². The third kappa shape index (κ3) is 2.64. The monoisotopic (exact) mass is 221 g/mol. The molecule has 1 aliphatic heterocycles. The summed E-state index contributed by atoms with van der Waals surface area (Å²) in [7, 11) is 0. The standard InChI is InChI=1S/C8H15NO6/c1-3(11)9-5-6(13)7(4(12)2-10)15-8(5)14/h4-8,10,12-14H,2H2,1H3,(H,9,11)/t4-,5?,6?,7-,8-/m1/s1. The highest BCUT2D eigenvalue weighted by Gasteiger charge is 2.46. The van der Waals surface area contributed by atoms with Crippen molar-refractivity contribution in [3.8, 4) is 0 Å². The Hall–Kier alpha value is -0.730. The van der Waals surface area contributed by atoms with Crippen LogP contribution in [0.25, 0.3) is 0 Å². The van der Waals surface area contributed by atoms with Crippen molar-refractivity contribution in [1.29, 1.82) is 0 Å². The molecule has 0 radical (unpaired) electrons. The number of carbonyl (C=O) groups is 1. The van der Waals surface area contributed by atoms with Gasteiger partial charge in [0.05, 0.1) is 6.61 Å². The summed E-state index contributed by atoms with van der Waals surface area (Å²) in [6.07, 6.45) is -5.06. The maximum atomic E-state index is 10.7. The largest absolute Gasteiger partial charge is 0.394 e. The first-order valence-corrected chi connectivity index (χ1v) is 4.55. The van der Waals surface area contributed by atoms with Crippen molar-refractivity contribution in [2.75, 3.05) is 6.61 Å². The highest BCUT2D eigenvalue weighted by atomic mass is 16.6. The van der Waals surface area contributed by atoms with Gasteiger partial charge in [-0.2, -0.15) is 0 Å². The fraction of sp³-hybridized carbons (Fsp3) is 0.875. The Bertz CT molecular complexity index is 235. The van der Waals surface area contributed by atoms with Crippen molar-refractivity contribution >= 4 is 5.91 Å². The van der Waals surface area contributed by atoms with Crippen molar-refractivity contribution in [1.82, 2.24) is 5.32 Å². The van der Waals surface area contributed by atoms with E-state index in [1.165, 1.54) is 6.92 Å². The number of ether oxygens (including phenoxy) is 1. The van der Waals surface area contributed by atoms with Crippen LogP contribution in [0.2, 0.25) is 0 Å². The van der Waals surface area contributed by atoms with Gasteiger partial charge in [-0.1, -0.05) is 0 Å². The lowest BCUT2D eigenvalue weighted by Crippen LogP contribution is -2.48. The van der Waals surface area contributed by atoms with Gasteiger partial charge in [0.2, 0.25) is 5.91 Å². The first-order chi connectivity index (χ1) is 6.97. The average molecular weight is 221 g/mol. The van der Waals surface area contributed by atoms with E-state index in [0.29, 0.717) is 0 Å². The van der Waals surface area contributed by atoms with Crippen molar-refractivity contribution in [2.45, 2.75) is 37.6 Å². The van der Waals surface area contributed by atoms with Crippen LogP contribution in [0.1, 0.15) is 6.92 Å². The Morgan fingerprint density at radius 2 is 2.13 bits per heavy atom. The molecule has 0 aromatic rings. The molecule has 7 heteroatoms. The third-order valence-corrected chi connectivity index (χ3v) is 2.24. The van der Waals surface area contributed by atoms with Gasteiger partial charge in [0.25, 0.3) is 0 Å². The first-order valence-electron chi connectivity index (χ1n) is 4.55. The molecule has 1 fully saturated rings. The second-order valence-electron chi connectivity index (χ2n) is 3.46. The van der Waals surface area contributed by atoms with Crippen LogP contribution in [0.5, 0.6) is 0 Å². The van der Waals surface area contributed by atoms with E-state index in [1.54, 1.807) is 0 Å². The summed E-state index contributed by atoms with van der Waals surface area (Å²) < 4.78 is 4.82. The summed E-state index contributed by atoms with van der Waals surface area (Å²) in [5.74, 6) is -0.430. The number of amides is 1. The first kappa shape index (κ1) is 12.3. The lowest BCUT2D eigenvalue weighted by Gasteiger charge is -2.20. The van der Waals surface area contributed by atoms with Crippen molar-refractivity contribution < 1.29 is 30.0 Å². The van der Waals surface area contributed by atoms with Crippen molar-refractivity contribution in [3.63, 3.8) is 0 Å². The van der Waals surface area contributed by atoms with Gasteiger partial charge in [-0.05, 0) is 0 Å². The summed E-state index contributed by atoms with van der Waals surface area (Å²) in [4.78, 5) is 10.7. The van der Waals surface area contributed by atoms with Gasteiger partial charge in [0.15, 0.2) is 6.29 Å². The number of aliphatic hydroxyl groups excluding tert-OH is 4. The van der Waals surface area contributed by atoms with E-state index in [2.05, 4.69) is 5.32 Å². The van der Waals surface area contributed by atoms with Crippen molar-refractivity contribution in [2.24, 2.45) is 0 Å². The Balaban J connectivity index is 2.65. The Kier molecular flexibility index (Phi) is 4.00. The van der Waals surface area contributed by atoms with E-state index in [4.69, 9.17) is 9.84 Å². The maximum Gasteiger partial charge on any atom is 0.217 e. The molecule has 5 atom stereocenters. The van der Waals surface area contributed by atoms with Crippen LogP contribution >= 0.6 is 0 Å². The molecule has 1 heterocycles. The minimum absolute atomic E-state index is 0.430. The number of hydrogen-bond acceptors (Lipinski definition) is 6. The van der Waals surface area contributed by atoms with E-state index in [0.717, 1.165) is 0 Å². The van der Waals surface area contributed by atoms with Gasteiger partial charge in [0, 0.05) is 6.92 Å². The zero-order chi connectivity index (χ0) is 11.6. The number of hydrogen-bond donors (Lipinski definition) is 5. The van der Waals surface area contributed by atoms with Crippen molar-refractivity contribution in [3.05, 3.63) is 0 Å². The molecular weight excluding hydrogens is 206 g/mol. The van der Waals surface area contributed by atoms with E-state index >= 15 is 0 Å². The molecule has 1 amide bonds. The lowest BCUT2D eigenvalue weighted by atomic mass is 10.0. The smallest absolute Gasteiger partial charge is 0.217 e. The molecule has 15 heavy (non-hydrogen) atoms. The molecule has 1 rings (SSSR count). The fourth-order valence-electron chi connectivity index (χ4n) is 1.51. The van der Waals surface area contributed by atoms with Crippen LogP contribution in [-0.4, -0.2) is 63.6 Å². The maximum absolute atomic E-state index is 10.7. The van der Waals surface area contributed by atoms with Crippen LogP contribution in [0.3, 0.4) is 0 Å². The van der Waals surface area contributed by atoms with Gasteiger partial charge in [-0.25, -0.2) is 0 Å². The minimum Gasteiger partial charge on any atom is -0.394 e. The molecule has 1 aliphatic rings. The molecule has 0 spiro atoms. The molecule has 5 N–H and O–H groups in total. The fourth-order valence-corrected chi connectivity index (χ4v) is 1.51. The topological polar surface area (TPSA) is 119 Å². The molecule has 0 aromatic heterocycles. The quantitative estimate of drug-likeness (QED) is 0.345. The molecule has 0 aliphatic carbocycles. The van der Waals surface area contributed by atoms with Gasteiger partial charge in [-0.3, -0.25) is 4.79 Å². The number of aliphatic hydroxyl groups is 4. The van der Waals surface area contributed by atoms with E-state index in [9.17, 15) is 20.1 Å². The molecule has 1 saturated heterocycles. The summed E-state index contributed by atoms with van der Waals surface area (Å²) in [5, 5.41) is 39.1. The van der Waals surface area contributed by atoms with E-state index < -0.39 is 43.2 Å². The van der Waals surface area contributed by atoms with Crippen LogP contribution in [0.4, 0.5) is 0 Å². The lowest BCUT2D eigenvalue weighted by molar-refractivity contribution is -0.141. The van der Waals surface area contributed by atoms with Gasteiger partial charge < -0.3 is 30.5 Å². The number of rotatable bonds is 3. The third-order valence-electron chi connectivity index (χ3n) is 2.24. The normalized spacial score (nSPS) is 37.7. The highest BCUT2D eigenvalue weighted by Crippen LogP contribution is 2.22. The summed E-state index contributed by atoms with van der Waals surface area (Å²) in [6, 6.07) is -0.992. The summed E-state index contributed by atoms with van der Waals surface area (Å²) in [6.45, 7) is 0.635. The molecule has 88 valence electrons. The molecule has 2 unspecified atom stereocenters. The Labute approximate surface area is 86.3 Å². The molecule has 0 bridgehead atoms. The second kappa shape index (κ2) is 4.86. The zero-order valence-corrected chi connectivity index (χ0v) is 8.20. The molecule has 0 aromatic carbocycles. The SMILES string of the molecule is CC(=O)NC1C(O)[C@@H]([C@H](O)CO)O[C@H]1O. The number of carbonyl (C=O) groups excluding carboxylic acids is 1. The van der Waals surface area contributed by atoms with Crippen LogP contribution in [0, 0.1) is 0 Å². The molecule has 7 nitrogen and oxygen atoms in total.